The van der Waals surface area contributed by atoms with E-state index in [4.69, 9.17) is 4.74 Å². The van der Waals surface area contributed by atoms with Crippen LogP contribution in [0.2, 0.25) is 0 Å². The second-order valence-electron chi connectivity index (χ2n) is 8.64. The maximum absolute atomic E-state index is 13.8. The van der Waals surface area contributed by atoms with E-state index < -0.39 is 5.60 Å². The highest BCUT2D eigenvalue weighted by Gasteiger charge is 2.35. The largest absolute Gasteiger partial charge is 0.488 e. The Morgan fingerprint density at radius 3 is 1.93 bits per heavy atom. The SMILES string of the molecule is CC(C)Oc1cccc(C(C)C)c1F.CC(C)c1ccc(C2(O)CCC2)cc1. The number of hydrogen-bond acceptors (Lipinski definition) is 2. The maximum atomic E-state index is 13.8. The molecule has 2 aromatic rings. The molecule has 0 bridgehead atoms. The first-order valence-corrected chi connectivity index (χ1v) is 10.4. The van der Waals surface area contributed by atoms with Crippen molar-refractivity contribution < 1.29 is 14.2 Å². The van der Waals surface area contributed by atoms with Crippen LogP contribution in [0.25, 0.3) is 0 Å². The van der Waals surface area contributed by atoms with Crippen LogP contribution < -0.4 is 4.74 Å². The van der Waals surface area contributed by atoms with Gasteiger partial charge in [-0.3, -0.25) is 0 Å². The second-order valence-corrected chi connectivity index (χ2v) is 8.64. The van der Waals surface area contributed by atoms with E-state index in [1.54, 1.807) is 12.1 Å². The van der Waals surface area contributed by atoms with Crippen molar-refractivity contribution >= 4 is 0 Å². The number of benzene rings is 2. The number of aliphatic hydroxyl groups is 1. The summed E-state index contributed by atoms with van der Waals surface area (Å²) in [6, 6.07) is 13.7. The van der Waals surface area contributed by atoms with Gasteiger partial charge in [0.1, 0.15) is 0 Å². The van der Waals surface area contributed by atoms with E-state index in [0.29, 0.717) is 17.2 Å². The Morgan fingerprint density at radius 2 is 1.50 bits per heavy atom. The molecule has 0 amide bonds. The molecule has 1 fully saturated rings. The summed E-state index contributed by atoms with van der Waals surface area (Å²) in [6.07, 6.45) is 3.01. The first-order valence-electron chi connectivity index (χ1n) is 10.4. The molecule has 0 unspecified atom stereocenters. The summed E-state index contributed by atoms with van der Waals surface area (Å²) in [5.41, 5.74) is 2.64. The molecule has 1 aliphatic rings. The fraction of sp³-hybridized carbons (Fsp3) is 0.520. The Hall–Kier alpha value is -1.87. The molecule has 3 rings (SSSR count). The highest BCUT2D eigenvalue weighted by Crippen LogP contribution is 2.41. The molecule has 28 heavy (non-hydrogen) atoms. The molecule has 2 aromatic carbocycles. The first-order chi connectivity index (χ1) is 13.1. The third kappa shape index (κ3) is 5.57. The first kappa shape index (κ1) is 22.4. The smallest absolute Gasteiger partial charge is 0.168 e. The average molecular weight is 387 g/mol. The summed E-state index contributed by atoms with van der Waals surface area (Å²) in [4.78, 5) is 0. The zero-order valence-corrected chi connectivity index (χ0v) is 18.1. The Morgan fingerprint density at radius 1 is 0.893 bits per heavy atom. The van der Waals surface area contributed by atoms with E-state index in [0.717, 1.165) is 24.8 Å². The number of hydrogen-bond donors (Lipinski definition) is 1. The van der Waals surface area contributed by atoms with Crippen molar-refractivity contribution in [3.8, 4) is 5.75 Å². The highest BCUT2D eigenvalue weighted by atomic mass is 19.1. The van der Waals surface area contributed by atoms with Crippen molar-refractivity contribution in [2.75, 3.05) is 0 Å². The van der Waals surface area contributed by atoms with E-state index in [1.165, 1.54) is 5.56 Å². The quantitative estimate of drug-likeness (QED) is 0.604. The van der Waals surface area contributed by atoms with Gasteiger partial charge in [0.25, 0.3) is 0 Å². The van der Waals surface area contributed by atoms with Crippen LogP contribution >= 0.6 is 0 Å². The van der Waals surface area contributed by atoms with Crippen LogP contribution in [0.1, 0.15) is 89.3 Å². The Labute approximate surface area is 169 Å². The molecule has 0 spiro atoms. The fourth-order valence-corrected chi connectivity index (χ4v) is 3.30. The molecule has 1 saturated carbocycles. The van der Waals surface area contributed by atoms with Gasteiger partial charge in [-0.25, -0.2) is 4.39 Å². The minimum absolute atomic E-state index is 0.00640. The van der Waals surface area contributed by atoms with Crippen molar-refractivity contribution in [2.24, 2.45) is 0 Å². The Balaban J connectivity index is 0.000000200. The van der Waals surface area contributed by atoms with Crippen molar-refractivity contribution in [1.29, 1.82) is 0 Å². The van der Waals surface area contributed by atoms with Gasteiger partial charge in [-0.1, -0.05) is 64.1 Å². The van der Waals surface area contributed by atoms with Crippen LogP contribution in [-0.2, 0) is 5.60 Å². The topological polar surface area (TPSA) is 29.5 Å². The van der Waals surface area contributed by atoms with Crippen LogP contribution in [0.15, 0.2) is 42.5 Å². The number of rotatable bonds is 5. The van der Waals surface area contributed by atoms with Gasteiger partial charge in [-0.2, -0.15) is 0 Å². The zero-order valence-electron chi connectivity index (χ0n) is 18.1. The van der Waals surface area contributed by atoms with E-state index in [-0.39, 0.29) is 17.8 Å². The summed E-state index contributed by atoms with van der Waals surface area (Å²) in [7, 11) is 0. The molecular formula is C25H35FO2. The summed E-state index contributed by atoms with van der Waals surface area (Å²) in [6.45, 7) is 12.1. The Bertz CT molecular complexity index is 744. The zero-order chi connectivity index (χ0) is 20.9. The minimum Gasteiger partial charge on any atom is -0.488 e. The molecular weight excluding hydrogens is 351 g/mol. The lowest BCUT2D eigenvalue weighted by Crippen LogP contribution is -2.33. The summed E-state index contributed by atoms with van der Waals surface area (Å²) in [5.74, 6) is 0.883. The van der Waals surface area contributed by atoms with Gasteiger partial charge < -0.3 is 9.84 Å². The number of ether oxygens (including phenoxy) is 1. The molecule has 0 aliphatic heterocycles. The standard InChI is InChI=1S/C13H18O.C12H17FO/c1-10(2)11-4-6-12(7-5-11)13(14)8-3-9-13;1-8(2)10-6-5-7-11(12(10)13)14-9(3)4/h4-7,10,14H,3,8-9H2,1-2H3;5-9H,1-4H3. The molecule has 0 heterocycles. The molecule has 154 valence electrons. The summed E-state index contributed by atoms with van der Waals surface area (Å²) >= 11 is 0. The van der Waals surface area contributed by atoms with E-state index in [2.05, 4.69) is 38.1 Å². The second kappa shape index (κ2) is 9.56. The predicted molar refractivity (Wildman–Crippen MR) is 115 cm³/mol. The van der Waals surface area contributed by atoms with Gasteiger partial charge in [0.15, 0.2) is 11.6 Å². The molecule has 0 aromatic heterocycles. The average Bonchev–Trinajstić information content (AvgIpc) is 2.61. The van der Waals surface area contributed by atoms with Gasteiger partial charge in [-0.05, 0) is 67.7 Å². The van der Waals surface area contributed by atoms with Crippen LogP contribution in [-0.4, -0.2) is 11.2 Å². The molecule has 0 radical (unpaired) electrons. The highest BCUT2D eigenvalue weighted by molar-refractivity contribution is 5.33. The van der Waals surface area contributed by atoms with Crippen LogP contribution in [0.5, 0.6) is 5.75 Å². The molecule has 3 heteroatoms. The summed E-state index contributed by atoms with van der Waals surface area (Å²) in [5, 5.41) is 10.1. The van der Waals surface area contributed by atoms with Crippen molar-refractivity contribution in [3.05, 3.63) is 65.0 Å². The van der Waals surface area contributed by atoms with E-state index >= 15 is 0 Å². The third-order valence-corrected chi connectivity index (χ3v) is 5.27. The van der Waals surface area contributed by atoms with Gasteiger partial charge in [0, 0.05) is 0 Å². The van der Waals surface area contributed by atoms with Crippen LogP contribution in [0.4, 0.5) is 4.39 Å². The molecule has 1 aliphatic carbocycles. The van der Waals surface area contributed by atoms with Gasteiger partial charge in [0.2, 0.25) is 0 Å². The lowest BCUT2D eigenvalue weighted by molar-refractivity contribution is -0.0388. The van der Waals surface area contributed by atoms with Crippen LogP contribution in [0, 0.1) is 5.82 Å². The van der Waals surface area contributed by atoms with Crippen molar-refractivity contribution in [3.63, 3.8) is 0 Å². The van der Waals surface area contributed by atoms with Crippen molar-refractivity contribution in [1.82, 2.24) is 0 Å². The van der Waals surface area contributed by atoms with E-state index in [1.807, 2.05) is 33.8 Å². The minimum atomic E-state index is -0.504. The fourth-order valence-electron chi connectivity index (χ4n) is 3.30. The predicted octanol–water partition coefficient (Wildman–Crippen LogP) is 6.92. The molecule has 0 saturated heterocycles. The van der Waals surface area contributed by atoms with Gasteiger partial charge >= 0.3 is 0 Å². The maximum Gasteiger partial charge on any atom is 0.168 e. The van der Waals surface area contributed by atoms with Gasteiger partial charge in [-0.15, -0.1) is 0 Å². The Kier molecular flexibility index (Phi) is 7.65. The molecule has 0 atom stereocenters. The monoisotopic (exact) mass is 386 g/mol. The van der Waals surface area contributed by atoms with Crippen molar-refractivity contribution in [2.45, 2.75) is 84.3 Å². The molecule has 1 N–H and O–H groups in total. The van der Waals surface area contributed by atoms with Crippen LogP contribution in [0.3, 0.4) is 0 Å². The lowest BCUT2D eigenvalue weighted by atomic mass is 9.75. The van der Waals surface area contributed by atoms with E-state index in [9.17, 15) is 9.50 Å². The van der Waals surface area contributed by atoms with Gasteiger partial charge in [0.05, 0.1) is 11.7 Å². The molecule has 2 nitrogen and oxygen atoms in total. The normalized spacial score (nSPS) is 15.2. The third-order valence-electron chi connectivity index (χ3n) is 5.27. The summed E-state index contributed by atoms with van der Waals surface area (Å²) < 4.78 is 19.1. The number of halogens is 1. The lowest BCUT2D eigenvalue weighted by Gasteiger charge is -2.37.